The molecule has 1 fully saturated rings. The van der Waals surface area contributed by atoms with Crippen LogP contribution >= 0.6 is 0 Å². The number of fused-ring (bicyclic) bond motifs is 1. The van der Waals surface area contributed by atoms with Crippen LogP contribution in [0.2, 0.25) is 0 Å². The van der Waals surface area contributed by atoms with E-state index in [0.29, 0.717) is 11.0 Å². The van der Waals surface area contributed by atoms with Crippen molar-refractivity contribution in [1.29, 1.82) is 0 Å². The molecule has 1 aliphatic heterocycles. The van der Waals surface area contributed by atoms with E-state index in [1.54, 1.807) is 0 Å². The number of furan rings is 1. The number of hydrogen-bond donors (Lipinski definition) is 2. The number of ether oxygens (including phenoxy) is 1. The van der Waals surface area contributed by atoms with E-state index in [-0.39, 0.29) is 29.2 Å². The fourth-order valence-corrected chi connectivity index (χ4v) is 3.59. The van der Waals surface area contributed by atoms with Crippen molar-refractivity contribution < 1.29 is 35.9 Å². The lowest BCUT2D eigenvalue weighted by Gasteiger charge is -2.19. The van der Waals surface area contributed by atoms with E-state index in [9.17, 15) is 26.7 Å². The maximum Gasteiger partial charge on any atom is 0.433 e. The molecule has 4 rings (SSSR count). The molecule has 2 N–H and O–H groups in total. The van der Waals surface area contributed by atoms with Gasteiger partial charge in [0.05, 0.1) is 12.1 Å². The van der Waals surface area contributed by atoms with Crippen molar-refractivity contribution in [2.75, 3.05) is 13.1 Å². The third-order valence-corrected chi connectivity index (χ3v) is 5.14. The topological polar surface area (TPSA) is 76.4 Å². The molecule has 1 aliphatic rings. The Morgan fingerprint density at radius 2 is 2.03 bits per heavy atom. The first-order valence-electron chi connectivity index (χ1n) is 10.6. The van der Waals surface area contributed by atoms with E-state index in [1.807, 2.05) is 13.8 Å². The van der Waals surface area contributed by atoms with E-state index in [2.05, 4.69) is 15.6 Å². The number of carbonyl (C=O) groups is 1. The van der Waals surface area contributed by atoms with Crippen LogP contribution in [0.15, 0.2) is 40.9 Å². The predicted molar refractivity (Wildman–Crippen MR) is 115 cm³/mol. The summed E-state index contributed by atoms with van der Waals surface area (Å²) in [5.41, 5.74) is -0.831. The second-order valence-corrected chi connectivity index (χ2v) is 7.41. The summed E-state index contributed by atoms with van der Waals surface area (Å²) in [5, 5.41) is 5.15. The number of hydrogen-bond acceptors (Lipinski definition) is 5. The van der Waals surface area contributed by atoms with Crippen LogP contribution in [0.1, 0.15) is 41.2 Å². The number of carbonyl (C=O) groups excluding carboxylic acids is 1. The van der Waals surface area contributed by atoms with Crippen LogP contribution in [0.5, 0.6) is 5.75 Å². The summed E-state index contributed by atoms with van der Waals surface area (Å²) >= 11 is 0. The van der Waals surface area contributed by atoms with Crippen LogP contribution in [0, 0.1) is 6.92 Å². The average molecular weight is 485 g/mol. The third-order valence-electron chi connectivity index (χ3n) is 5.14. The van der Waals surface area contributed by atoms with Gasteiger partial charge < -0.3 is 19.8 Å². The Kier molecular flexibility index (Phi) is 7.44. The number of alkyl halides is 5. The standard InChI is InChI=1S/C21H18F5N3O3.C2H6/c1-11-17(19(30)29-16-8-27-10-20(16,22)23)14-7-13(4-5-15(14)32-11)31-9-12-3-2-6-28-18(12)21(24,25)26;1-2/h2-7,16,27H,8-10H2,1H3,(H,29,30);1-2H3. The Bertz CT molecular complexity index is 1160. The van der Waals surface area contributed by atoms with Crippen molar-refractivity contribution >= 4 is 16.9 Å². The first-order chi connectivity index (χ1) is 16.1. The van der Waals surface area contributed by atoms with Gasteiger partial charge in [-0.2, -0.15) is 13.2 Å². The second-order valence-electron chi connectivity index (χ2n) is 7.41. The van der Waals surface area contributed by atoms with E-state index < -0.39 is 42.9 Å². The zero-order chi connectivity index (χ0) is 25.1. The van der Waals surface area contributed by atoms with Gasteiger partial charge in [-0.3, -0.25) is 9.78 Å². The van der Waals surface area contributed by atoms with E-state index in [1.165, 1.54) is 37.3 Å². The molecule has 1 aromatic carbocycles. The van der Waals surface area contributed by atoms with Gasteiger partial charge in [-0.25, -0.2) is 8.78 Å². The molecule has 1 unspecified atom stereocenters. The van der Waals surface area contributed by atoms with Crippen molar-refractivity contribution in [2.45, 2.75) is 45.5 Å². The molecule has 184 valence electrons. The molecule has 1 atom stereocenters. The lowest BCUT2D eigenvalue weighted by molar-refractivity contribution is -0.142. The molecule has 0 bridgehead atoms. The highest BCUT2D eigenvalue weighted by Gasteiger charge is 2.45. The molecule has 0 radical (unpaired) electrons. The highest BCUT2D eigenvalue weighted by molar-refractivity contribution is 6.07. The average Bonchev–Trinajstić information content (AvgIpc) is 3.30. The molecule has 1 amide bonds. The van der Waals surface area contributed by atoms with Crippen molar-refractivity contribution in [3.63, 3.8) is 0 Å². The summed E-state index contributed by atoms with van der Waals surface area (Å²) in [7, 11) is 0. The maximum atomic E-state index is 13.9. The summed E-state index contributed by atoms with van der Waals surface area (Å²) in [6.07, 6.45) is -3.59. The monoisotopic (exact) mass is 485 g/mol. The molecule has 0 aliphatic carbocycles. The van der Waals surface area contributed by atoms with Gasteiger partial charge in [0.15, 0.2) is 5.69 Å². The van der Waals surface area contributed by atoms with Crippen LogP contribution in [0.3, 0.4) is 0 Å². The van der Waals surface area contributed by atoms with Gasteiger partial charge in [-0.05, 0) is 31.2 Å². The molecule has 6 nitrogen and oxygen atoms in total. The van der Waals surface area contributed by atoms with E-state index >= 15 is 0 Å². The maximum absolute atomic E-state index is 13.9. The van der Waals surface area contributed by atoms with Crippen LogP contribution in [-0.2, 0) is 12.8 Å². The van der Waals surface area contributed by atoms with E-state index in [4.69, 9.17) is 9.15 Å². The van der Waals surface area contributed by atoms with Gasteiger partial charge in [-0.1, -0.05) is 19.9 Å². The summed E-state index contributed by atoms with van der Waals surface area (Å²) in [6, 6.07) is 5.65. The molecule has 0 saturated carbocycles. The third kappa shape index (κ3) is 5.30. The van der Waals surface area contributed by atoms with Gasteiger partial charge in [0.2, 0.25) is 0 Å². The number of rotatable bonds is 5. The quantitative estimate of drug-likeness (QED) is 0.492. The fraction of sp³-hybridized carbons (Fsp3) is 0.391. The fourth-order valence-electron chi connectivity index (χ4n) is 3.59. The summed E-state index contributed by atoms with van der Waals surface area (Å²) in [6.45, 7) is 4.50. The first kappa shape index (κ1) is 25.4. The van der Waals surface area contributed by atoms with Gasteiger partial charge in [0, 0.05) is 23.7 Å². The minimum atomic E-state index is -4.63. The number of aromatic nitrogens is 1. The molecule has 34 heavy (non-hydrogen) atoms. The number of nitrogens with one attached hydrogen (secondary N) is 2. The normalized spacial score (nSPS) is 17.2. The van der Waals surface area contributed by atoms with Gasteiger partial charge in [0.1, 0.15) is 29.7 Å². The Labute approximate surface area is 192 Å². The molecular weight excluding hydrogens is 461 g/mol. The lowest BCUT2D eigenvalue weighted by Crippen LogP contribution is -2.46. The van der Waals surface area contributed by atoms with Gasteiger partial charge in [-0.15, -0.1) is 0 Å². The van der Waals surface area contributed by atoms with Crippen LogP contribution in [-0.4, -0.2) is 35.9 Å². The molecule has 0 spiro atoms. The molecule has 1 saturated heterocycles. The SMILES string of the molecule is CC.Cc1oc2ccc(OCc3cccnc3C(F)(F)F)cc2c1C(=O)NC1CNCC1(F)F. The largest absolute Gasteiger partial charge is 0.489 e. The number of pyridine rings is 1. The highest BCUT2D eigenvalue weighted by Crippen LogP contribution is 2.32. The summed E-state index contributed by atoms with van der Waals surface area (Å²) < 4.78 is 78.1. The summed E-state index contributed by atoms with van der Waals surface area (Å²) in [5.74, 6) is -3.43. The first-order valence-corrected chi connectivity index (χ1v) is 10.6. The molecule has 11 heteroatoms. The molecule has 3 aromatic rings. The lowest BCUT2D eigenvalue weighted by atomic mass is 10.1. The van der Waals surface area contributed by atoms with Crippen molar-refractivity contribution in [2.24, 2.45) is 0 Å². The van der Waals surface area contributed by atoms with Crippen molar-refractivity contribution in [3.05, 3.63) is 59.1 Å². The van der Waals surface area contributed by atoms with Crippen LogP contribution < -0.4 is 15.4 Å². The molecule has 2 aromatic heterocycles. The molecular formula is C23H24F5N3O3. The van der Waals surface area contributed by atoms with Crippen molar-refractivity contribution in [3.8, 4) is 5.75 Å². The zero-order valence-electron chi connectivity index (χ0n) is 18.7. The van der Waals surface area contributed by atoms with E-state index in [0.717, 1.165) is 6.20 Å². The second kappa shape index (κ2) is 9.96. The minimum absolute atomic E-state index is 0.0607. The smallest absolute Gasteiger partial charge is 0.433 e. The predicted octanol–water partition coefficient (Wildman–Crippen LogP) is 5.10. The Morgan fingerprint density at radius 1 is 1.29 bits per heavy atom. The van der Waals surface area contributed by atoms with Crippen molar-refractivity contribution in [1.82, 2.24) is 15.6 Å². The number of aryl methyl sites for hydroxylation is 1. The molecule has 3 heterocycles. The Hall–Kier alpha value is -3.21. The number of nitrogens with zero attached hydrogens (tertiary/aromatic N) is 1. The number of amides is 1. The minimum Gasteiger partial charge on any atom is -0.489 e. The van der Waals surface area contributed by atoms with Crippen LogP contribution in [0.25, 0.3) is 11.0 Å². The zero-order valence-corrected chi connectivity index (χ0v) is 18.7. The van der Waals surface area contributed by atoms with Crippen LogP contribution in [0.4, 0.5) is 22.0 Å². The van der Waals surface area contributed by atoms with Gasteiger partial charge in [0.25, 0.3) is 11.8 Å². The highest BCUT2D eigenvalue weighted by atomic mass is 19.4. The Balaban J connectivity index is 0.00000158. The summed E-state index contributed by atoms with van der Waals surface area (Å²) in [4.78, 5) is 16.1. The van der Waals surface area contributed by atoms with Gasteiger partial charge >= 0.3 is 6.18 Å². The number of halogens is 5. The number of benzene rings is 1. The Morgan fingerprint density at radius 3 is 2.68 bits per heavy atom.